The minimum absolute atomic E-state index is 0.0330. The number of hydrogen-bond acceptors (Lipinski definition) is 4. The number of esters is 1. The van der Waals surface area contributed by atoms with Crippen LogP contribution >= 0.6 is 11.8 Å². The van der Waals surface area contributed by atoms with Crippen LogP contribution < -0.4 is 0 Å². The molecule has 0 N–H and O–H groups in total. The molecule has 1 atom stereocenters. The minimum Gasteiger partial charge on any atom is -0.467 e. The van der Waals surface area contributed by atoms with Gasteiger partial charge < -0.3 is 9.47 Å². The Balaban J connectivity index is 2.86. The molecular weight excluding hydrogens is 258 g/mol. The Bertz CT molecular complexity index is 410. The summed E-state index contributed by atoms with van der Waals surface area (Å²) in [4.78, 5) is 23.5. The molecule has 0 spiro atoms. The number of methoxy groups -OCH3 is 2. The lowest BCUT2D eigenvalue weighted by atomic mass is 10.2. The fourth-order valence-electron chi connectivity index (χ4n) is 1.37. The zero-order chi connectivity index (χ0) is 13.5. The first kappa shape index (κ1) is 14.5. The maximum Gasteiger partial charge on any atom is 0.332 e. The summed E-state index contributed by atoms with van der Waals surface area (Å²) in [6, 6.07) is 7.44. The van der Waals surface area contributed by atoms with Gasteiger partial charge in [0.15, 0.2) is 6.04 Å². The van der Waals surface area contributed by atoms with Crippen LogP contribution in [0.3, 0.4) is 0 Å². The molecule has 0 aliphatic rings. The van der Waals surface area contributed by atoms with Crippen LogP contribution in [-0.2, 0) is 14.3 Å². The Labute approximate surface area is 110 Å². The molecule has 0 saturated carbocycles. The van der Waals surface area contributed by atoms with E-state index in [1.54, 1.807) is 30.3 Å². The molecule has 0 aromatic heterocycles. The summed E-state index contributed by atoms with van der Waals surface area (Å²) in [6.07, 6.45) is 0. The molecule has 6 heteroatoms. The topological polar surface area (TPSA) is 55.8 Å². The van der Waals surface area contributed by atoms with E-state index in [2.05, 4.69) is 4.74 Å². The van der Waals surface area contributed by atoms with Crippen molar-refractivity contribution in [3.8, 4) is 0 Å². The molecule has 0 fully saturated rings. The number of carbonyl (C=O) groups is 2. The molecule has 18 heavy (non-hydrogen) atoms. The Hall–Kier alpha value is -1.59. The second-order valence-electron chi connectivity index (χ2n) is 3.48. The van der Waals surface area contributed by atoms with Crippen LogP contribution in [0.2, 0.25) is 0 Å². The van der Waals surface area contributed by atoms with Crippen molar-refractivity contribution in [1.82, 2.24) is 4.42 Å². The van der Waals surface area contributed by atoms with Gasteiger partial charge in [-0.3, -0.25) is 4.79 Å². The number of ether oxygens (including phenoxy) is 2. The van der Waals surface area contributed by atoms with E-state index < -0.39 is 17.9 Å². The summed E-state index contributed by atoms with van der Waals surface area (Å²) < 4.78 is 10.2. The summed E-state index contributed by atoms with van der Waals surface area (Å²) in [5.41, 5.74) is 0.387. The average Bonchev–Trinajstić information content (AvgIpc) is 2.43. The summed E-state index contributed by atoms with van der Waals surface area (Å²) in [7, 11) is 2.64. The largest absolute Gasteiger partial charge is 0.467 e. The van der Waals surface area contributed by atoms with E-state index in [4.69, 9.17) is 16.5 Å². The lowest BCUT2D eigenvalue weighted by Gasteiger charge is -2.22. The van der Waals surface area contributed by atoms with Crippen LogP contribution in [0.5, 0.6) is 0 Å². The molecule has 1 aromatic rings. The van der Waals surface area contributed by atoms with E-state index in [-0.39, 0.29) is 6.61 Å². The minimum atomic E-state index is -0.977. The Morgan fingerprint density at radius 1 is 1.28 bits per heavy atom. The SMILES string of the molecule is COCC(C(=O)OC)N(Cl)C(=O)c1ccccc1. The molecule has 0 aliphatic carbocycles. The molecule has 1 aromatic carbocycles. The van der Waals surface area contributed by atoms with E-state index in [9.17, 15) is 9.59 Å². The van der Waals surface area contributed by atoms with Gasteiger partial charge in [-0.15, -0.1) is 0 Å². The average molecular weight is 272 g/mol. The van der Waals surface area contributed by atoms with Crippen LogP contribution in [-0.4, -0.2) is 43.2 Å². The highest BCUT2D eigenvalue weighted by Crippen LogP contribution is 2.12. The van der Waals surface area contributed by atoms with Gasteiger partial charge in [-0.1, -0.05) is 18.2 Å². The molecule has 5 nitrogen and oxygen atoms in total. The number of benzene rings is 1. The number of hydrogen-bond donors (Lipinski definition) is 0. The van der Waals surface area contributed by atoms with Gasteiger partial charge in [-0.05, 0) is 12.1 Å². The summed E-state index contributed by atoms with van der Waals surface area (Å²) in [5.74, 6) is -1.11. The van der Waals surface area contributed by atoms with Crippen LogP contribution in [0.1, 0.15) is 10.4 Å². The van der Waals surface area contributed by atoms with Crippen LogP contribution in [0.25, 0.3) is 0 Å². The van der Waals surface area contributed by atoms with Crippen molar-refractivity contribution in [3.05, 3.63) is 35.9 Å². The normalized spacial score (nSPS) is 11.7. The van der Waals surface area contributed by atoms with E-state index in [1.165, 1.54) is 14.2 Å². The van der Waals surface area contributed by atoms with Gasteiger partial charge in [0.1, 0.15) is 0 Å². The Kier molecular flexibility index (Phi) is 5.61. The first-order chi connectivity index (χ1) is 8.61. The van der Waals surface area contributed by atoms with Gasteiger partial charge in [-0.2, -0.15) is 0 Å². The standard InChI is InChI=1S/C12H14ClNO4/c1-17-8-10(12(16)18-2)14(13)11(15)9-6-4-3-5-7-9/h3-7,10H,8H2,1-2H3. The maximum atomic E-state index is 12.0. The third kappa shape index (κ3) is 3.45. The van der Waals surface area contributed by atoms with Crippen LogP contribution in [0.15, 0.2) is 30.3 Å². The van der Waals surface area contributed by atoms with E-state index in [0.29, 0.717) is 5.56 Å². The summed E-state index contributed by atoms with van der Waals surface area (Å²) in [6.45, 7) is -0.0330. The lowest BCUT2D eigenvalue weighted by Crippen LogP contribution is -2.42. The van der Waals surface area contributed by atoms with E-state index in [1.807, 2.05) is 0 Å². The number of nitrogens with zero attached hydrogens (tertiary/aromatic N) is 1. The third-order valence-corrected chi connectivity index (χ3v) is 2.68. The van der Waals surface area contributed by atoms with Crippen molar-refractivity contribution in [1.29, 1.82) is 0 Å². The predicted octanol–water partition coefficient (Wildman–Crippen LogP) is 1.47. The molecule has 0 radical (unpaired) electrons. The first-order valence-corrected chi connectivity index (χ1v) is 5.56. The molecule has 0 bridgehead atoms. The van der Waals surface area contributed by atoms with E-state index in [0.717, 1.165) is 4.42 Å². The molecule has 1 rings (SSSR count). The monoisotopic (exact) mass is 271 g/mol. The molecule has 98 valence electrons. The highest BCUT2D eigenvalue weighted by atomic mass is 35.5. The van der Waals surface area contributed by atoms with Crippen LogP contribution in [0.4, 0.5) is 0 Å². The fourth-order valence-corrected chi connectivity index (χ4v) is 1.60. The predicted molar refractivity (Wildman–Crippen MR) is 66.1 cm³/mol. The molecule has 0 heterocycles. The highest BCUT2D eigenvalue weighted by molar-refractivity contribution is 6.25. The molecule has 1 unspecified atom stereocenters. The highest BCUT2D eigenvalue weighted by Gasteiger charge is 2.30. The van der Waals surface area contributed by atoms with Gasteiger partial charge in [0, 0.05) is 24.4 Å². The van der Waals surface area contributed by atoms with Crippen molar-refractivity contribution in [3.63, 3.8) is 0 Å². The zero-order valence-corrected chi connectivity index (χ0v) is 10.9. The van der Waals surface area contributed by atoms with Crippen molar-refractivity contribution >= 4 is 23.7 Å². The molecule has 0 saturated heterocycles. The van der Waals surface area contributed by atoms with Crippen molar-refractivity contribution < 1.29 is 19.1 Å². The van der Waals surface area contributed by atoms with Gasteiger partial charge >= 0.3 is 5.97 Å². The fraction of sp³-hybridized carbons (Fsp3) is 0.333. The molecule has 1 amide bonds. The Morgan fingerprint density at radius 3 is 2.39 bits per heavy atom. The lowest BCUT2D eigenvalue weighted by molar-refractivity contribution is -0.146. The third-order valence-electron chi connectivity index (χ3n) is 2.29. The maximum absolute atomic E-state index is 12.0. The zero-order valence-electron chi connectivity index (χ0n) is 10.1. The summed E-state index contributed by atoms with van der Waals surface area (Å²) in [5, 5.41) is 0. The number of rotatable bonds is 5. The number of halogens is 1. The van der Waals surface area contributed by atoms with Gasteiger partial charge in [-0.25, -0.2) is 9.21 Å². The van der Waals surface area contributed by atoms with Crippen molar-refractivity contribution in [2.45, 2.75) is 6.04 Å². The second kappa shape index (κ2) is 6.98. The van der Waals surface area contributed by atoms with Crippen LogP contribution in [0, 0.1) is 0 Å². The van der Waals surface area contributed by atoms with Gasteiger partial charge in [0.05, 0.1) is 13.7 Å². The first-order valence-electron chi connectivity index (χ1n) is 5.23. The molecular formula is C12H14ClNO4. The number of amides is 1. The smallest absolute Gasteiger partial charge is 0.332 e. The van der Waals surface area contributed by atoms with Crippen molar-refractivity contribution in [2.24, 2.45) is 0 Å². The van der Waals surface area contributed by atoms with E-state index >= 15 is 0 Å². The molecule has 0 aliphatic heterocycles. The second-order valence-corrected chi connectivity index (χ2v) is 3.84. The van der Waals surface area contributed by atoms with Crippen molar-refractivity contribution in [2.75, 3.05) is 20.8 Å². The van der Waals surface area contributed by atoms with Gasteiger partial charge in [0.2, 0.25) is 0 Å². The van der Waals surface area contributed by atoms with Gasteiger partial charge in [0.25, 0.3) is 5.91 Å². The number of carbonyl (C=O) groups excluding carboxylic acids is 2. The quantitative estimate of drug-likeness (QED) is 0.601. The summed E-state index contributed by atoms with van der Waals surface area (Å²) >= 11 is 5.89. The Morgan fingerprint density at radius 2 is 1.89 bits per heavy atom.